The van der Waals surface area contributed by atoms with E-state index >= 15 is 0 Å². The summed E-state index contributed by atoms with van der Waals surface area (Å²) >= 11 is 0. The predicted molar refractivity (Wildman–Crippen MR) is 132 cm³/mol. The highest BCUT2D eigenvalue weighted by Crippen LogP contribution is 2.38. The molecular formula is C28H40N2O2. The van der Waals surface area contributed by atoms with Crippen molar-refractivity contribution in [3.05, 3.63) is 35.9 Å². The number of likely N-dealkylation sites (tertiary alicyclic amines) is 2. The zero-order valence-corrected chi connectivity index (χ0v) is 19.5. The summed E-state index contributed by atoms with van der Waals surface area (Å²) in [7, 11) is 0. The molecule has 0 bridgehead atoms. The number of carbonyl (C=O) groups is 1. The van der Waals surface area contributed by atoms with Gasteiger partial charge in [-0.25, -0.2) is 0 Å². The number of rotatable bonds is 4. The number of nitrogens with zero attached hydrogens (tertiary/aromatic N) is 2. The Kier molecular flexibility index (Phi) is 12.0. The maximum absolute atomic E-state index is 12.1. The van der Waals surface area contributed by atoms with Gasteiger partial charge in [0, 0.05) is 26.2 Å². The van der Waals surface area contributed by atoms with Crippen molar-refractivity contribution in [2.24, 2.45) is 17.8 Å². The lowest BCUT2D eigenvalue weighted by Gasteiger charge is -2.20. The van der Waals surface area contributed by atoms with Crippen molar-refractivity contribution in [2.75, 3.05) is 45.9 Å². The Labute approximate surface area is 195 Å². The molecule has 4 heteroatoms. The Morgan fingerprint density at radius 2 is 1.53 bits per heavy atom. The van der Waals surface area contributed by atoms with Crippen LogP contribution in [0, 0.1) is 43.4 Å². The van der Waals surface area contributed by atoms with Crippen LogP contribution in [0.3, 0.4) is 0 Å². The van der Waals surface area contributed by atoms with Crippen LogP contribution in [0.1, 0.15) is 44.1 Å². The van der Waals surface area contributed by atoms with Crippen molar-refractivity contribution >= 4 is 5.91 Å². The zero-order chi connectivity index (χ0) is 23.2. The molecule has 4 aliphatic rings. The van der Waals surface area contributed by atoms with Crippen molar-refractivity contribution in [1.82, 2.24) is 9.80 Å². The molecule has 3 saturated heterocycles. The number of ether oxygens (including phenoxy) is 1. The molecule has 5 rings (SSSR count). The third kappa shape index (κ3) is 7.70. The van der Waals surface area contributed by atoms with Gasteiger partial charge >= 0.3 is 0 Å². The molecule has 3 heterocycles. The standard InChI is InChI=1S/C12H19NO2.C12H17N.2C2H2/c14-12(11-4-5-15-8-11)13-6-9-2-1-3-10(9)7-13;1-2-6-12(7-3-1)8-11-13-9-4-5-10-13;2*1-2/h9-11H,1-8H2;1-3,6-7H,4-5,8-11H2;2*1-2H. The average molecular weight is 437 g/mol. The summed E-state index contributed by atoms with van der Waals surface area (Å²) in [5, 5.41) is 0. The van der Waals surface area contributed by atoms with E-state index in [2.05, 4.69) is 65.8 Å². The van der Waals surface area contributed by atoms with Gasteiger partial charge in [0.2, 0.25) is 5.91 Å². The second-order valence-electron chi connectivity index (χ2n) is 9.04. The Morgan fingerprint density at radius 3 is 2.09 bits per heavy atom. The molecule has 3 unspecified atom stereocenters. The monoisotopic (exact) mass is 436 g/mol. The van der Waals surface area contributed by atoms with Crippen LogP contribution in [0.15, 0.2) is 30.3 Å². The first kappa shape index (κ1) is 26.0. The lowest BCUT2D eigenvalue weighted by Crippen LogP contribution is -2.35. The maximum atomic E-state index is 12.1. The van der Waals surface area contributed by atoms with Crippen LogP contribution >= 0.6 is 0 Å². The molecule has 3 atom stereocenters. The zero-order valence-electron chi connectivity index (χ0n) is 19.5. The molecule has 0 spiro atoms. The van der Waals surface area contributed by atoms with Gasteiger partial charge in [-0.2, -0.15) is 0 Å². The normalized spacial score (nSPS) is 26.0. The molecule has 32 heavy (non-hydrogen) atoms. The van der Waals surface area contributed by atoms with Gasteiger partial charge in [-0.1, -0.05) is 36.8 Å². The minimum absolute atomic E-state index is 0.170. The molecule has 0 N–H and O–H groups in total. The minimum Gasteiger partial charge on any atom is -0.381 e. The van der Waals surface area contributed by atoms with Crippen LogP contribution < -0.4 is 0 Å². The second-order valence-corrected chi connectivity index (χ2v) is 9.04. The summed E-state index contributed by atoms with van der Waals surface area (Å²) in [5.41, 5.74) is 1.47. The third-order valence-electron chi connectivity index (χ3n) is 7.08. The van der Waals surface area contributed by atoms with Gasteiger partial charge < -0.3 is 14.5 Å². The van der Waals surface area contributed by atoms with E-state index in [1.54, 1.807) is 0 Å². The smallest absolute Gasteiger partial charge is 0.228 e. The first-order valence-corrected chi connectivity index (χ1v) is 12.1. The highest BCUT2D eigenvalue weighted by Gasteiger charge is 2.40. The average Bonchev–Trinajstić information content (AvgIpc) is 3.66. The Bertz CT molecular complexity index is 669. The largest absolute Gasteiger partial charge is 0.381 e. The van der Waals surface area contributed by atoms with Crippen molar-refractivity contribution in [1.29, 1.82) is 0 Å². The van der Waals surface area contributed by atoms with E-state index in [1.807, 2.05) is 0 Å². The number of hydrogen-bond acceptors (Lipinski definition) is 3. The Balaban J connectivity index is 0.000000198. The van der Waals surface area contributed by atoms with E-state index in [9.17, 15) is 4.79 Å². The third-order valence-corrected chi connectivity index (χ3v) is 7.08. The van der Waals surface area contributed by atoms with Crippen molar-refractivity contribution in [3.8, 4) is 25.7 Å². The van der Waals surface area contributed by atoms with Crippen molar-refractivity contribution in [2.45, 2.75) is 44.9 Å². The maximum Gasteiger partial charge on any atom is 0.228 e. The molecule has 1 amide bonds. The number of hydrogen-bond donors (Lipinski definition) is 0. The van der Waals surface area contributed by atoms with Crippen LogP contribution in [0.2, 0.25) is 0 Å². The SMILES string of the molecule is C#C.C#C.O=C(C1CCOC1)N1CC2CCCC2C1.c1ccc(CCN2CCCC2)cc1. The van der Waals surface area contributed by atoms with E-state index in [0.29, 0.717) is 12.5 Å². The first-order chi connectivity index (χ1) is 15.8. The quantitative estimate of drug-likeness (QED) is 0.666. The van der Waals surface area contributed by atoms with Gasteiger partial charge in [0.1, 0.15) is 0 Å². The first-order valence-electron chi connectivity index (χ1n) is 12.1. The van der Waals surface area contributed by atoms with E-state index in [4.69, 9.17) is 4.74 Å². The van der Waals surface area contributed by atoms with Crippen LogP contribution in [0.4, 0.5) is 0 Å². The summed E-state index contributed by atoms with van der Waals surface area (Å²) in [6, 6.07) is 10.8. The van der Waals surface area contributed by atoms with Gasteiger partial charge in [0.15, 0.2) is 0 Å². The Morgan fingerprint density at radius 1 is 0.906 bits per heavy atom. The highest BCUT2D eigenvalue weighted by atomic mass is 16.5. The molecule has 174 valence electrons. The van der Waals surface area contributed by atoms with E-state index < -0.39 is 0 Å². The summed E-state index contributed by atoms with van der Waals surface area (Å²) in [6.45, 7) is 7.35. The van der Waals surface area contributed by atoms with Crippen LogP contribution in [-0.4, -0.2) is 61.6 Å². The molecule has 3 aliphatic heterocycles. The molecule has 1 aliphatic carbocycles. The Hall–Kier alpha value is -2.27. The molecule has 1 aromatic carbocycles. The van der Waals surface area contributed by atoms with Gasteiger partial charge in [-0.05, 0) is 69.0 Å². The fraction of sp³-hybridized carbons (Fsp3) is 0.607. The van der Waals surface area contributed by atoms with Crippen LogP contribution in [0.25, 0.3) is 0 Å². The number of amides is 1. The highest BCUT2D eigenvalue weighted by molar-refractivity contribution is 5.79. The lowest BCUT2D eigenvalue weighted by atomic mass is 10.0. The fourth-order valence-corrected chi connectivity index (χ4v) is 5.34. The minimum atomic E-state index is 0.170. The topological polar surface area (TPSA) is 32.8 Å². The summed E-state index contributed by atoms with van der Waals surface area (Å²) in [6.07, 6.45) is 25.0. The summed E-state index contributed by atoms with van der Waals surface area (Å²) in [4.78, 5) is 16.8. The summed E-state index contributed by atoms with van der Waals surface area (Å²) in [5.74, 6) is 2.17. The summed E-state index contributed by atoms with van der Waals surface area (Å²) < 4.78 is 5.28. The molecule has 0 aromatic heterocycles. The van der Waals surface area contributed by atoms with Crippen molar-refractivity contribution < 1.29 is 9.53 Å². The fourth-order valence-electron chi connectivity index (χ4n) is 5.34. The number of terminal acetylenes is 2. The molecule has 1 aromatic rings. The van der Waals surface area contributed by atoms with Gasteiger partial charge in [-0.3, -0.25) is 4.79 Å². The van der Waals surface area contributed by atoms with Gasteiger partial charge in [0.05, 0.1) is 12.5 Å². The van der Waals surface area contributed by atoms with Crippen molar-refractivity contribution in [3.63, 3.8) is 0 Å². The molecular weight excluding hydrogens is 396 g/mol. The van der Waals surface area contributed by atoms with E-state index in [1.165, 1.54) is 63.7 Å². The van der Waals surface area contributed by atoms with Gasteiger partial charge in [-0.15, -0.1) is 25.7 Å². The van der Waals surface area contributed by atoms with Crippen LogP contribution in [-0.2, 0) is 16.0 Å². The van der Waals surface area contributed by atoms with Crippen LogP contribution in [0.5, 0.6) is 0 Å². The molecule has 1 saturated carbocycles. The molecule has 0 radical (unpaired) electrons. The number of fused-ring (bicyclic) bond motifs is 1. The number of benzene rings is 1. The second kappa shape index (κ2) is 14.7. The van der Waals surface area contributed by atoms with E-state index in [-0.39, 0.29) is 5.92 Å². The predicted octanol–water partition coefficient (Wildman–Crippen LogP) is 4.11. The van der Waals surface area contributed by atoms with Gasteiger partial charge in [0.25, 0.3) is 0 Å². The lowest BCUT2D eigenvalue weighted by molar-refractivity contribution is -0.134. The molecule has 4 nitrogen and oxygen atoms in total. The number of carbonyl (C=O) groups excluding carboxylic acids is 1. The van der Waals surface area contributed by atoms with E-state index in [0.717, 1.165) is 38.0 Å². The molecule has 4 fully saturated rings.